The number of para-hydroxylation sites is 1. The Hall–Kier alpha value is -2.97. The van der Waals surface area contributed by atoms with E-state index in [1.807, 2.05) is 6.92 Å². The SMILES string of the molecule is CC1CN(C(=O)COc2ccccc2C(=O)OCCO)C(C)CN1Cc1ccc(F)cc1. The molecule has 1 fully saturated rings. The molecule has 1 saturated heterocycles. The lowest BCUT2D eigenvalue weighted by Crippen LogP contribution is -2.58. The number of nitrogens with zero attached hydrogens (tertiary/aromatic N) is 2. The number of carbonyl (C=O) groups excluding carboxylic acids is 2. The molecule has 172 valence electrons. The van der Waals surface area contributed by atoms with Crippen molar-refractivity contribution in [3.63, 3.8) is 0 Å². The van der Waals surface area contributed by atoms with Crippen LogP contribution in [0.3, 0.4) is 0 Å². The quantitative estimate of drug-likeness (QED) is 0.631. The third kappa shape index (κ3) is 6.05. The zero-order valence-electron chi connectivity index (χ0n) is 18.4. The number of hydrogen-bond acceptors (Lipinski definition) is 6. The molecule has 1 N–H and O–H groups in total. The first-order chi connectivity index (χ1) is 15.4. The molecule has 32 heavy (non-hydrogen) atoms. The minimum atomic E-state index is -0.613. The van der Waals surface area contributed by atoms with Crippen molar-refractivity contribution >= 4 is 11.9 Å². The minimum absolute atomic E-state index is 0.0208. The Morgan fingerprint density at radius 2 is 1.78 bits per heavy atom. The van der Waals surface area contributed by atoms with Crippen LogP contribution in [0.25, 0.3) is 0 Å². The van der Waals surface area contributed by atoms with E-state index in [1.165, 1.54) is 12.1 Å². The Kier molecular flexibility index (Phi) is 8.19. The first kappa shape index (κ1) is 23.7. The molecule has 8 heteroatoms. The van der Waals surface area contributed by atoms with Gasteiger partial charge in [-0.1, -0.05) is 24.3 Å². The van der Waals surface area contributed by atoms with Gasteiger partial charge in [0.25, 0.3) is 5.91 Å². The average molecular weight is 445 g/mol. The predicted molar refractivity (Wildman–Crippen MR) is 117 cm³/mol. The summed E-state index contributed by atoms with van der Waals surface area (Å²) in [6.07, 6.45) is 0. The molecule has 2 atom stereocenters. The molecule has 1 amide bonds. The van der Waals surface area contributed by atoms with Crippen LogP contribution in [0.1, 0.15) is 29.8 Å². The number of hydrogen-bond donors (Lipinski definition) is 1. The molecule has 1 heterocycles. The van der Waals surface area contributed by atoms with E-state index >= 15 is 0 Å². The third-order valence-electron chi connectivity index (χ3n) is 5.52. The molecule has 3 rings (SSSR count). The van der Waals surface area contributed by atoms with Gasteiger partial charge in [-0.25, -0.2) is 9.18 Å². The monoisotopic (exact) mass is 444 g/mol. The van der Waals surface area contributed by atoms with Gasteiger partial charge in [0, 0.05) is 31.7 Å². The number of esters is 1. The summed E-state index contributed by atoms with van der Waals surface area (Å²) in [5, 5.41) is 8.83. The molecule has 0 bridgehead atoms. The van der Waals surface area contributed by atoms with Gasteiger partial charge in [0.1, 0.15) is 23.7 Å². The number of carbonyl (C=O) groups is 2. The summed E-state index contributed by atoms with van der Waals surface area (Å²) in [5.74, 6) is -0.768. The maximum Gasteiger partial charge on any atom is 0.342 e. The Labute approximate surface area is 187 Å². The highest BCUT2D eigenvalue weighted by Gasteiger charge is 2.32. The minimum Gasteiger partial charge on any atom is -0.483 e. The van der Waals surface area contributed by atoms with E-state index in [1.54, 1.807) is 41.3 Å². The number of piperazine rings is 1. The van der Waals surface area contributed by atoms with Crippen LogP contribution < -0.4 is 4.74 Å². The highest BCUT2D eigenvalue weighted by atomic mass is 19.1. The summed E-state index contributed by atoms with van der Waals surface area (Å²) >= 11 is 0. The smallest absolute Gasteiger partial charge is 0.342 e. The lowest BCUT2D eigenvalue weighted by molar-refractivity contribution is -0.139. The van der Waals surface area contributed by atoms with Gasteiger partial charge in [0.15, 0.2) is 6.61 Å². The summed E-state index contributed by atoms with van der Waals surface area (Å²) in [7, 11) is 0. The Morgan fingerprint density at radius 1 is 1.06 bits per heavy atom. The number of ether oxygens (including phenoxy) is 2. The average Bonchev–Trinajstić information content (AvgIpc) is 2.79. The molecule has 0 radical (unpaired) electrons. The summed E-state index contributed by atoms with van der Waals surface area (Å²) in [6.45, 7) is 5.40. The maximum absolute atomic E-state index is 13.2. The van der Waals surface area contributed by atoms with Gasteiger partial charge in [-0.2, -0.15) is 0 Å². The largest absolute Gasteiger partial charge is 0.483 e. The van der Waals surface area contributed by atoms with Gasteiger partial charge in [0.05, 0.1) is 6.61 Å². The van der Waals surface area contributed by atoms with Crippen LogP contribution in [0.5, 0.6) is 5.75 Å². The number of halogens is 1. The van der Waals surface area contributed by atoms with E-state index in [0.29, 0.717) is 19.6 Å². The standard InChI is InChI=1S/C24H29FN2O5/c1-17-14-27(18(2)13-26(17)15-19-7-9-20(25)10-8-19)23(29)16-32-22-6-4-3-5-21(22)24(30)31-12-11-28/h3-10,17-18,28H,11-16H2,1-2H3. The molecule has 7 nitrogen and oxygen atoms in total. The zero-order valence-corrected chi connectivity index (χ0v) is 18.4. The second-order valence-corrected chi connectivity index (χ2v) is 7.94. The van der Waals surface area contributed by atoms with Crippen molar-refractivity contribution in [2.45, 2.75) is 32.5 Å². The summed E-state index contributed by atoms with van der Waals surface area (Å²) in [4.78, 5) is 29.1. The van der Waals surface area contributed by atoms with Gasteiger partial charge >= 0.3 is 5.97 Å². The molecule has 2 unspecified atom stereocenters. The molecule has 0 saturated carbocycles. The zero-order chi connectivity index (χ0) is 23.1. The van der Waals surface area contributed by atoms with Crippen LogP contribution in [0, 0.1) is 5.82 Å². The number of benzene rings is 2. The van der Waals surface area contributed by atoms with Gasteiger partial charge in [-0.15, -0.1) is 0 Å². The second kappa shape index (κ2) is 11.1. The van der Waals surface area contributed by atoms with E-state index in [2.05, 4.69) is 11.8 Å². The van der Waals surface area contributed by atoms with E-state index in [9.17, 15) is 14.0 Å². The van der Waals surface area contributed by atoms with Crippen molar-refractivity contribution in [3.8, 4) is 5.75 Å². The fraction of sp³-hybridized carbons (Fsp3) is 0.417. The molecule has 2 aromatic rings. The predicted octanol–water partition coefficient (Wildman–Crippen LogP) is 2.47. The Balaban J connectivity index is 1.57. The van der Waals surface area contributed by atoms with E-state index in [-0.39, 0.29) is 54.9 Å². The molecule has 1 aliphatic rings. The third-order valence-corrected chi connectivity index (χ3v) is 5.52. The molecule has 0 aromatic heterocycles. The first-order valence-corrected chi connectivity index (χ1v) is 10.7. The molecule has 0 spiro atoms. The number of aliphatic hydroxyl groups is 1. The maximum atomic E-state index is 13.2. The molecular formula is C24H29FN2O5. The van der Waals surface area contributed by atoms with Crippen LogP contribution >= 0.6 is 0 Å². The van der Waals surface area contributed by atoms with Crippen LogP contribution in [-0.4, -0.2) is 71.8 Å². The van der Waals surface area contributed by atoms with Gasteiger partial charge in [-0.3, -0.25) is 9.69 Å². The van der Waals surface area contributed by atoms with Crippen LogP contribution in [0.4, 0.5) is 4.39 Å². The highest BCUT2D eigenvalue weighted by Crippen LogP contribution is 2.21. The number of amides is 1. The van der Waals surface area contributed by atoms with Crippen molar-refractivity contribution < 1.29 is 28.6 Å². The van der Waals surface area contributed by atoms with Gasteiger partial charge in [-0.05, 0) is 43.7 Å². The normalized spacial score (nSPS) is 18.9. The van der Waals surface area contributed by atoms with Crippen LogP contribution in [0.2, 0.25) is 0 Å². The molecule has 2 aromatic carbocycles. The van der Waals surface area contributed by atoms with E-state index in [0.717, 1.165) is 5.56 Å². The molecule has 0 aliphatic carbocycles. The lowest BCUT2D eigenvalue weighted by Gasteiger charge is -2.44. The van der Waals surface area contributed by atoms with Crippen molar-refractivity contribution in [3.05, 3.63) is 65.5 Å². The summed E-state index contributed by atoms with van der Waals surface area (Å²) in [5.41, 5.74) is 1.23. The fourth-order valence-electron chi connectivity index (χ4n) is 3.79. The second-order valence-electron chi connectivity index (χ2n) is 7.94. The van der Waals surface area contributed by atoms with Crippen molar-refractivity contribution in [1.82, 2.24) is 9.80 Å². The van der Waals surface area contributed by atoms with E-state index < -0.39 is 5.97 Å². The topological polar surface area (TPSA) is 79.3 Å². The summed E-state index contributed by atoms with van der Waals surface area (Å²) < 4.78 is 23.8. The van der Waals surface area contributed by atoms with Gasteiger partial charge in [0.2, 0.25) is 0 Å². The number of aliphatic hydroxyl groups excluding tert-OH is 1. The lowest BCUT2D eigenvalue weighted by atomic mass is 10.1. The Morgan fingerprint density at radius 3 is 2.50 bits per heavy atom. The molecular weight excluding hydrogens is 415 g/mol. The van der Waals surface area contributed by atoms with Crippen LogP contribution in [0.15, 0.2) is 48.5 Å². The van der Waals surface area contributed by atoms with Crippen LogP contribution in [-0.2, 0) is 16.1 Å². The van der Waals surface area contributed by atoms with E-state index in [4.69, 9.17) is 14.6 Å². The number of rotatable bonds is 8. The molecule has 1 aliphatic heterocycles. The van der Waals surface area contributed by atoms with Crippen molar-refractivity contribution in [1.29, 1.82) is 0 Å². The highest BCUT2D eigenvalue weighted by molar-refractivity contribution is 5.92. The Bertz CT molecular complexity index is 921. The van der Waals surface area contributed by atoms with Crippen molar-refractivity contribution in [2.75, 3.05) is 32.9 Å². The fourth-order valence-corrected chi connectivity index (χ4v) is 3.79. The summed E-state index contributed by atoms with van der Waals surface area (Å²) in [6, 6.07) is 13.1. The first-order valence-electron chi connectivity index (χ1n) is 10.7. The van der Waals surface area contributed by atoms with Crippen molar-refractivity contribution in [2.24, 2.45) is 0 Å². The van der Waals surface area contributed by atoms with Gasteiger partial charge < -0.3 is 19.5 Å².